The normalized spacial score (nSPS) is 10.4. The Kier molecular flexibility index (Phi) is 2.48. The first-order chi connectivity index (χ1) is 7.67. The van der Waals surface area contributed by atoms with E-state index in [1.807, 2.05) is 6.07 Å². The summed E-state index contributed by atoms with van der Waals surface area (Å²) in [5.74, 6) is 0.682. The minimum Gasteiger partial charge on any atom is -0.497 e. The monoisotopic (exact) mass is 217 g/mol. The number of carbonyl (C=O) groups is 1. The van der Waals surface area contributed by atoms with Crippen LogP contribution in [0.4, 0.5) is 0 Å². The predicted octanol–water partition coefficient (Wildman–Crippen LogP) is 1.36. The molecule has 1 aromatic carbocycles. The minimum atomic E-state index is -0.296. The topological polar surface area (TPSA) is 48.3 Å². The van der Waals surface area contributed by atoms with E-state index in [9.17, 15) is 9.59 Å². The molecule has 2 aromatic rings. The molecule has 0 spiro atoms. The first kappa shape index (κ1) is 10.4. The summed E-state index contributed by atoms with van der Waals surface area (Å²) in [6, 6.07) is 6.97. The Bertz CT molecular complexity index is 613. The average Bonchev–Trinajstić information content (AvgIpc) is 2.33. The van der Waals surface area contributed by atoms with E-state index in [-0.39, 0.29) is 11.1 Å². The van der Waals surface area contributed by atoms with Crippen LogP contribution in [0.15, 0.2) is 29.1 Å². The quantitative estimate of drug-likeness (QED) is 0.713. The molecule has 0 aliphatic carbocycles. The van der Waals surface area contributed by atoms with Crippen molar-refractivity contribution in [2.75, 3.05) is 7.11 Å². The Hall–Kier alpha value is -2.10. The molecular weight excluding hydrogens is 206 g/mol. The Balaban J connectivity index is 2.87. The zero-order valence-electron chi connectivity index (χ0n) is 9.06. The Morgan fingerprint density at radius 2 is 2.06 bits per heavy atom. The molecule has 0 fully saturated rings. The number of aryl methyl sites for hydroxylation is 1. The maximum absolute atomic E-state index is 11.7. The number of aldehydes is 1. The molecule has 4 nitrogen and oxygen atoms in total. The lowest BCUT2D eigenvalue weighted by Gasteiger charge is -2.07. The number of methoxy groups -OCH3 is 1. The number of hydrogen-bond donors (Lipinski definition) is 0. The van der Waals surface area contributed by atoms with Crippen LogP contribution in [0.2, 0.25) is 0 Å². The highest BCUT2D eigenvalue weighted by Gasteiger charge is 2.06. The predicted molar refractivity (Wildman–Crippen MR) is 61.1 cm³/mol. The smallest absolute Gasteiger partial charge is 0.261 e. The molecule has 0 unspecified atom stereocenters. The van der Waals surface area contributed by atoms with Crippen molar-refractivity contribution in [2.45, 2.75) is 0 Å². The Labute approximate surface area is 92.1 Å². The third-order valence-electron chi connectivity index (χ3n) is 2.59. The molecular formula is C12H11NO3. The van der Waals surface area contributed by atoms with E-state index >= 15 is 0 Å². The largest absolute Gasteiger partial charge is 0.497 e. The summed E-state index contributed by atoms with van der Waals surface area (Å²) in [7, 11) is 3.20. The van der Waals surface area contributed by atoms with E-state index in [2.05, 4.69) is 0 Å². The maximum atomic E-state index is 11.7. The van der Waals surface area contributed by atoms with Gasteiger partial charge in [0, 0.05) is 13.1 Å². The summed E-state index contributed by atoms with van der Waals surface area (Å²) >= 11 is 0. The van der Waals surface area contributed by atoms with Gasteiger partial charge in [-0.3, -0.25) is 9.59 Å². The molecule has 82 valence electrons. The van der Waals surface area contributed by atoms with Gasteiger partial charge in [-0.15, -0.1) is 0 Å². The van der Waals surface area contributed by atoms with Crippen molar-refractivity contribution in [3.8, 4) is 5.75 Å². The van der Waals surface area contributed by atoms with Crippen molar-refractivity contribution in [2.24, 2.45) is 7.05 Å². The summed E-state index contributed by atoms with van der Waals surface area (Å²) in [4.78, 5) is 22.4. The highest BCUT2D eigenvalue weighted by atomic mass is 16.5. The van der Waals surface area contributed by atoms with Crippen molar-refractivity contribution < 1.29 is 9.53 Å². The lowest BCUT2D eigenvalue weighted by Crippen LogP contribution is -2.20. The number of pyridine rings is 1. The van der Waals surface area contributed by atoms with E-state index in [1.165, 1.54) is 4.57 Å². The maximum Gasteiger partial charge on any atom is 0.261 e. The molecule has 16 heavy (non-hydrogen) atoms. The van der Waals surface area contributed by atoms with Gasteiger partial charge in [-0.25, -0.2) is 0 Å². The van der Waals surface area contributed by atoms with Gasteiger partial charge in [-0.2, -0.15) is 0 Å². The molecule has 0 aliphatic heterocycles. The molecule has 1 heterocycles. The van der Waals surface area contributed by atoms with Crippen molar-refractivity contribution in [3.63, 3.8) is 0 Å². The van der Waals surface area contributed by atoms with Gasteiger partial charge in [0.15, 0.2) is 6.29 Å². The standard InChI is InChI=1S/C12H11NO3/c1-13-11-6-10(16-2)4-3-8(11)5-9(7-14)12(13)15/h3-7H,1-2H3. The van der Waals surface area contributed by atoms with Gasteiger partial charge in [0.25, 0.3) is 5.56 Å². The van der Waals surface area contributed by atoms with Gasteiger partial charge < -0.3 is 9.30 Å². The number of rotatable bonds is 2. The van der Waals surface area contributed by atoms with Gasteiger partial charge in [-0.1, -0.05) is 0 Å². The third-order valence-corrected chi connectivity index (χ3v) is 2.59. The molecule has 4 heteroatoms. The molecule has 1 aromatic heterocycles. The van der Waals surface area contributed by atoms with Crippen molar-refractivity contribution in [1.29, 1.82) is 0 Å². The first-order valence-corrected chi connectivity index (χ1v) is 4.80. The second-order valence-electron chi connectivity index (χ2n) is 3.51. The zero-order valence-corrected chi connectivity index (χ0v) is 9.06. The number of ether oxygens (including phenoxy) is 1. The van der Waals surface area contributed by atoms with Crippen LogP contribution in [0.25, 0.3) is 10.9 Å². The number of carbonyl (C=O) groups excluding carboxylic acids is 1. The summed E-state index contributed by atoms with van der Waals surface area (Å²) in [6.45, 7) is 0. The molecule has 0 saturated heterocycles. The number of fused-ring (bicyclic) bond motifs is 1. The van der Waals surface area contributed by atoms with E-state index in [4.69, 9.17) is 4.74 Å². The van der Waals surface area contributed by atoms with Crippen molar-refractivity contribution in [3.05, 3.63) is 40.2 Å². The third kappa shape index (κ3) is 1.48. The van der Waals surface area contributed by atoms with Crippen LogP contribution in [0.5, 0.6) is 5.75 Å². The van der Waals surface area contributed by atoms with E-state index in [0.717, 1.165) is 10.9 Å². The van der Waals surface area contributed by atoms with E-state index in [0.29, 0.717) is 12.0 Å². The fraction of sp³-hybridized carbons (Fsp3) is 0.167. The van der Waals surface area contributed by atoms with Gasteiger partial charge in [0.1, 0.15) is 5.75 Å². The summed E-state index contributed by atoms with van der Waals surface area (Å²) < 4.78 is 6.53. The number of aromatic nitrogens is 1. The molecule has 0 amide bonds. The average molecular weight is 217 g/mol. The van der Waals surface area contributed by atoms with Gasteiger partial charge in [-0.05, 0) is 23.6 Å². The molecule has 2 rings (SSSR count). The highest BCUT2D eigenvalue weighted by Crippen LogP contribution is 2.19. The van der Waals surface area contributed by atoms with Crippen molar-refractivity contribution >= 4 is 17.2 Å². The van der Waals surface area contributed by atoms with Gasteiger partial charge >= 0.3 is 0 Å². The minimum absolute atomic E-state index is 0.167. The van der Waals surface area contributed by atoms with E-state index in [1.54, 1.807) is 32.4 Å². The molecule has 0 saturated carbocycles. The first-order valence-electron chi connectivity index (χ1n) is 4.80. The number of hydrogen-bond acceptors (Lipinski definition) is 3. The molecule has 0 aliphatic rings. The van der Waals surface area contributed by atoms with Crippen LogP contribution in [0, 0.1) is 0 Å². The lowest BCUT2D eigenvalue weighted by molar-refractivity contribution is 0.112. The molecule has 0 N–H and O–H groups in total. The second kappa shape index (κ2) is 3.81. The van der Waals surface area contributed by atoms with Crippen LogP contribution < -0.4 is 10.3 Å². The van der Waals surface area contributed by atoms with Crippen LogP contribution in [-0.4, -0.2) is 18.0 Å². The molecule has 0 bridgehead atoms. The highest BCUT2D eigenvalue weighted by molar-refractivity contribution is 5.86. The number of benzene rings is 1. The zero-order chi connectivity index (χ0) is 11.7. The van der Waals surface area contributed by atoms with Crippen LogP contribution in [-0.2, 0) is 7.05 Å². The fourth-order valence-electron chi connectivity index (χ4n) is 1.68. The van der Waals surface area contributed by atoms with Gasteiger partial charge in [0.05, 0.1) is 18.2 Å². The lowest BCUT2D eigenvalue weighted by atomic mass is 10.1. The second-order valence-corrected chi connectivity index (χ2v) is 3.51. The Morgan fingerprint density at radius 1 is 1.31 bits per heavy atom. The van der Waals surface area contributed by atoms with Gasteiger partial charge in [0.2, 0.25) is 0 Å². The summed E-state index contributed by atoms with van der Waals surface area (Å²) in [6.07, 6.45) is 0.575. The SMILES string of the molecule is COc1ccc2cc(C=O)c(=O)n(C)c2c1. The molecule has 0 radical (unpaired) electrons. The van der Waals surface area contributed by atoms with Crippen LogP contribution in [0.3, 0.4) is 0 Å². The molecule has 0 atom stereocenters. The van der Waals surface area contributed by atoms with Crippen LogP contribution in [0.1, 0.15) is 10.4 Å². The summed E-state index contributed by atoms with van der Waals surface area (Å²) in [5.41, 5.74) is 0.617. The summed E-state index contributed by atoms with van der Waals surface area (Å²) in [5, 5.41) is 0.838. The van der Waals surface area contributed by atoms with Crippen molar-refractivity contribution in [1.82, 2.24) is 4.57 Å². The van der Waals surface area contributed by atoms with Crippen LogP contribution >= 0.6 is 0 Å². The number of nitrogens with zero attached hydrogens (tertiary/aromatic N) is 1. The Morgan fingerprint density at radius 3 is 2.69 bits per heavy atom. The van der Waals surface area contributed by atoms with E-state index < -0.39 is 0 Å². The fourth-order valence-corrected chi connectivity index (χ4v) is 1.68.